The van der Waals surface area contributed by atoms with Crippen LogP contribution >= 0.6 is 0 Å². The van der Waals surface area contributed by atoms with Crippen molar-refractivity contribution >= 4 is 23.1 Å². The molecule has 0 saturated heterocycles. The van der Waals surface area contributed by atoms with Crippen LogP contribution in [0.25, 0.3) is 11.1 Å². The van der Waals surface area contributed by atoms with E-state index >= 15 is 0 Å². The van der Waals surface area contributed by atoms with Gasteiger partial charge in [-0.1, -0.05) is 20.8 Å². The molecule has 0 bridgehead atoms. The molecule has 2 N–H and O–H groups in total. The van der Waals surface area contributed by atoms with E-state index in [1.165, 1.54) is 0 Å². The van der Waals surface area contributed by atoms with Gasteiger partial charge in [0.25, 0.3) is 5.91 Å². The molecule has 0 fully saturated rings. The Morgan fingerprint density at radius 2 is 1.95 bits per heavy atom. The molecule has 3 aromatic rings. The van der Waals surface area contributed by atoms with Crippen LogP contribution in [0.3, 0.4) is 0 Å². The first-order valence-corrected chi connectivity index (χ1v) is 12.4. The predicted molar refractivity (Wildman–Crippen MR) is 143 cm³/mol. The number of anilines is 3. The number of aliphatic hydroxyl groups excluding tert-OH is 1. The molecule has 0 radical (unpaired) electrons. The third-order valence-electron chi connectivity index (χ3n) is 6.66. The maximum absolute atomic E-state index is 12.4. The third kappa shape index (κ3) is 4.67. The van der Waals surface area contributed by atoms with Gasteiger partial charge in [0, 0.05) is 48.0 Å². The van der Waals surface area contributed by atoms with Gasteiger partial charge in [-0.15, -0.1) is 0 Å². The fourth-order valence-electron chi connectivity index (χ4n) is 4.64. The number of nitrogens with zero attached hydrogens (tertiary/aromatic N) is 4. The topological polar surface area (TPSA) is 100 Å². The first-order valence-electron chi connectivity index (χ1n) is 12.4. The van der Waals surface area contributed by atoms with Gasteiger partial charge in [-0.05, 0) is 37.3 Å². The fourth-order valence-corrected chi connectivity index (χ4v) is 4.64. The molecule has 1 aromatic carbocycles. The van der Waals surface area contributed by atoms with Crippen LogP contribution in [-0.2, 0) is 0 Å². The highest BCUT2D eigenvalue weighted by atomic mass is 16.5. The molecule has 2 unspecified atom stereocenters. The zero-order chi connectivity index (χ0) is 26.5. The number of hydrogen-bond donors (Lipinski definition) is 2. The molecule has 0 saturated carbocycles. The first-order chi connectivity index (χ1) is 17.5. The van der Waals surface area contributed by atoms with E-state index in [2.05, 4.69) is 15.3 Å². The van der Waals surface area contributed by atoms with E-state index in [0.29, 0.717) is 36.2 Å². The number of carbonyl (C=O) groups is 1. The predicted octanol–water partition coefficient (Wildman–Crippen LogP) is 4.61. The molecule has 2 aliphatic heterocycles. The molecule has 194 valence electrons. The van der Waals surface area contributed by atoms with E-state index < -0.39 is 6.23 Å². The lowest BCUT2D eigenvalue weighted by Crippen LogP contribution is -2.48. The molecule has 9 nitrogen and oxygen atoms in total. The van der Waals surface area contributed by atoms with E-state index in [1.807, 2.05) is 63.1 Å². The Bertz CT molecular complexity index is 1350. The number of ether oxygens (including phenoxy) is 2. The highest BCUT2D eigenvalue weighted by molar-refractivity contribution is 5.95. The Labute approximate surface area is 217 Å². The van der Waals surface area contributed by atoms with Crippen LogP contribution < -0.4 is 19.7 Å². The van der Waals surface area contributed by atoms with Crippen molar-refractivity contribution in [2.24, 2.45) is 5.41 Å². The molecule has 5 rings (SSSR count). The van der Waals surface area contributed by atoms with Gasteiger partial charge >= 0.3 is 0 Å². The van der Waals surface area contributed by atoms with Crippen LogP contribution in [0.5, 0.6) is 11.6 Å². The molecule has 0 aliphatic carbocycles. The minimum atomic E-state index is -0.680. The second-order valence-corrected chi connectivity index (χ2v) is 10.8. The summed E-state index contributed by atoms with van der Waals surface area (Å²) < 4.78 is 11.9. The summed E-state index contributed by atoms with van der Waals surface area (Å²) in [5, 5.41) is 14.3. The SMILES string of the molecule is CC1Oc2cc(C(=O)N(C)C)ccc2-c2cnc(Nc3cnc4c(c3)N(C(O)C(C)(C)C)CCO4)cc21. The van der Waals surface area contributed by atoms with Crippen molar-refractivity contribution in [2.75, 3.05) is 37.5 Å². The molecule has 2 aliphatic rings. The Hall–Kier alpha value is -3.85. The molecule has 2 atom stereocenters. The van der Waals surface area contributed by atoms with E-state index in [-0.39, 0.29) is 17.4 Å². The fraction of sp³-hybridized carbons (Fsp3) is 0.393. The zero-order valence-corrected chi connectivity index (χ0v) is 22.1. The Morgan fingerprint density at radius 3 is 2.68 bits per heavy atom. The Morgan fingerprint density at radius 1 is 1.16 bits per heavy atom. The summed E-state index contributed by atoms with van der Waals surface area (Å²) in [6, 6.07) is 9.42. The number of benzene rings is 1. The molecular formula is C28H33N5O4. The van der Waals surface area contributed by atoms with Crippen LogP contribution in [0.4, 0.5) is 17.2 Å². The number of hydrogen-bond acceptors (Lipinski definition) is 8. The van der Waals surface area contributed by atoms with E-state index in [1.54, 1.807) is 31.3 Å². The summed E-state index contributed by atoms with van der Waals surface area (Å²) >= 11 is 0. The molecule has 37 heavy (non-hydrogen) atoms. The second-order valence-electron chi connectivity index (χ2n) is 10.8. The number of amides is 1. The molecule has 0 spiro atoms. The number of fused-ring (bicyclic) bond motifs is 4. The number of aliphatic hydroxyl groups is 1. The van der Waals surface area contributed by atoms with E-state index in [0.717, 1.165) is 28.1 Å². The lowest BCUT2D eigenvalue weighted by Gasteiger charge is -2.40. The summed E-state index contributed by atoms with van der Waals surface area (Å²) in [5.41, 5.74) is 4.60. The maximum atomic E-state index is 12.4. The van der Waals surface area contributed by atoms with Crippen molar-refractivity contribution in [3.63, 3.8) is 0 Å². The molecule has 4 heterocycles. The quantitative estimate of drug-likeness (QED) is 0.533. The standard InChI is InChI=1S/C28H33N5O4/c1-16-20-13-24(29-15-21(20)19-8-7-17(11-23(19)37-16)26(34)32(5)6)31-18-12-22-25(30-14-18)36-10-9-33(22)27(35)28(2,3)4/h7-8,11-16,27,35H,9-10H2,1-6H3,(H,29,31). The maximum Gasteiger partial charge on any atom is 0.253 e. The van der Waals surface area contributed by atoms with Crippen molar-refractivity contribution < 1.29 is 19.4 Å². The van der Waals surface area contributed by atoms with Crippen LogP contribution in [0, 0.1) is 5.41 Å². The van der Waals surface area contributed by atoms with Crippen molar-refractivity contribution in [3.8, 4) is 22.8 Å². The minimum Gasteiger partial charge on any atom is -0.485 e. The van der Waals surface area contributed by atoms with Gasteiger partial charge < -0.3 is 29.7 Å². The minimum absolute atomic E-state index is 0.0693. The van der Waals surface area contributed by atoms with Gasteiger partial charge in [-0.2, -0.15) is 0 Å². The van der Waals surface area contributed by atoms with Crippen LogP contribution in [-0.4, -0.2) is 59.4 Å². The molecule has 1 amide bonds. The number of nitrogens with one attached hydrogen (secondary N) is 1. The summed E-state index contributed by atoms with van der Waals surface area (Å²) in [6.45, 7) is 9.03. The van der Waals surface area contributed by atoms with Crippen molar-refractivity contribution in [3.05, 3.63) is 53.9 Å². The van der Waals surface area contributed by atoms with E-state index in [9.17, 15) is 9.90 Å². The first kappa shape index (κ1) is 24.8. The Kier molecular flexibility index (Phi) is 6.19. The summed E-state index contributed by atoms with van der Waals surface area (Å²) in [4.78, 5) is 25.0. The normalized spacial score (nSPS) is 16.9. The summed E-state index contributed by atoms with van der Waals surface area (Å²) in [6.07, 6.45) is 2.63. The van der Waals surface area contributed by atoms with Crippen LogP contribution in [0.1, 0.15) is 49.7 Å². The van der Waals surface area contributed by atoms with Gasteiger partial charge in [0.1, 0.15) is 36.2 Å². The van der Waals surface area contributed by atoms with Gasteiger partial charge in [-0.25, -0.2) is 9.97 Å². The van der Waals surface area contributed by atoms with Gasteiger partial charge in [0.2, 0.25) is 5.88 Å². The average molecular weight is 504 g/mol. The van der Waals surface area contributed by atoms with Crippen LogP contribution in [0.15, 0.2) is 42.7 Å². The van der Waals surface area contributed by atoms with Crippen molar-refractivity contribution in [1.82, 2.24) is 14.9 Å². The van der Waals surface area contributed by atoms with Crippen LogP contribution in [0.2, 0.25) is 0 Å². The largest absolute Gasteiger partial charge is 0.485 e. The molecule has 2 aromatic heterocycles. The monoisotopic (exact) mass is 503 g/mol. The van der Waals surface area contributed by atoms with Crippen molar-refractivity contribution in [2.45, 2.75) is 40.0 Å². The molecule has 9 heteroatoms. The number of rotatable bonds is 4. The third-order valence-corrected chi connectivity index (χ3v) is 6.66. The lowest BCUT2D eigenvalue weighted by atomic mass is 9.93. The number of aromatic nitrogens is 2. The highest BCUT2D eigenvalue weighted by Crippen LogP contribution is 2.43. The second kappa shape index (κ2) is 9.23. The number of pyridine rings is 2. The summed E-state index contributed by atoms with van der Waals surface area (Å²) in [5.74, 6) is 1.76. The zero-order valence-electron chi connectivity index (χ0n) is 22.1. The highest BCUT2D eigenvalue weighted by Gasteiger charge is 2.33. The Balaban J connectivity index is 1.43. The van der Waals surface area contributed by atoms with Gasteiger partial charge in [0.15, 0.2) is 0 Å². The smallest absolute Gasteiger partial charge is 0.253 e. The molecular weight excluding hydrogens is 470 g/mol. The van der Waals surface area contributed by atoms with Gasteiger partial charge in [0.05, 0.1) is 18.4 Å². The van der Waals surface area contributed by atoms with Gasteiger partial charge in [-0.3, -0.25) is 4.79 Å². The summed E-state index contributed by atoms with van der Waals surface area (Å²) in [7, 11) is 3.46. The number of carbonyl (C=O) groups excluding carboxylic acids is 1. The van der Waals surface area contributed by atoms with Crippen molar-refractivity contribution in [1.29, 1.82) is 0 Å². The lowest BCUT2D eigenvalue weighted by molar-refractivity contribution is 0.0533. The average Bonchev–Trinajstić information content (AvgIpc) is 2.86. The van der Waals surface area contributed by atoms with E-state index in [4.69, 9.17) is 9.47 Å².